The molecule has 0 radical (unpaired) electrons. The van der Waals surface area contributed by atoms with Gasteiger partial charge in [-0.25, -0.2) is 0 Å². The lowest BCUT2D eigenvalue weighted by Crippen LogP contribution is -2.30. The third-order valence-corrected chi connectivity index (χ3v) is 3.49. The van der Waals surface area contributed by atoms with Crippen molar-refractivity contribution in [2.75, 3.05) is 19.7 Å². The Morgan fingerprint density at radius 1 is 1.05 bits per heavy atom. The zero-order valence-corrected chi connectivity index (χ0v) is 12.7. The summed E-state index contributed by atoms with van der Waals surface area (Å²) in [7, 11) is 0. The van der Waals surface area contributed by atoms with Crippen LogP contribution < -0.4 is 9.47 Å². The summed E-state index contributed by atoms with van der Waals surface area (Å²) in [5, 5.41) is 0. The molecule has 1 aliphatic rings. The average molecular weight is 296 g/mol. The molecule has 0 amide bonds. The summed E-state index contributed by atoms with van der Waals surface area (Å²) in [4.78, 5) is 6.41. The second-order valence-corrected chi connectivity index (χ2v) is 5.02. The standard InChI is InChI=1S/C18H20N2O2/c1-2-21-16-10-6-7-11-17(16)22-18(20-13-12-19-14-20)15-8-4-3-5-9-15/h3-11,14,18H,2,12-13H2,1H3. The van der Waals surface area contributed by atoms with Crippen molar-refractivity contribution in [3.8, 4) is 11.5 Å². The number of benzene rings is 2. The summed E-state index contributed by atoms with van der Waals surface area (Å²) >= 11 is 0. The molecule has 0 aromatic heterocycles. The second kappa shape index (κ2) is 6.98. The van der Waals surface area contributed by atoms with E-state index in [4.69, 9.17) is 9.47 Å². The quantitative estimate of drug-likeness (QED) is 0.818. The molecule has 0 aliphatic carbocycles. The van der Waals surface area contributed by atoms with E-state index in [0.29, 0.717) is 6.61 Å². The largest absolute Gasteiger partial charge is 0.490 e. The van der Waals surface area contributed by atoms with Crippen LogP contribution in [0.25, 0.3) is 0 Å². The Kier molecular flexibility index (Phi) is 4.59. The van der Waals surface area contributed by atoms with Gasteiger partial charge in [0.05, 0.1) is 19.5 Å². The van der Waals surface area contributed by atoms with Gasteiger partial charge in [-0.2, -0.15) is 0 Å². The van der Waals surface area contributed by atoms with Crippen molar-refractivity contribution in [2.45, 2.75) is 13.2 Å². The van der Waals surface area contributed by atoms with Gasteiger partial charge in [-0.3, -0.25) is 4.99 Å². The Morgan fingerprint density at radius 3 is 2.45 bits per heavy atom. The Bertz CT molecular complexity index is 628. The zero-order valence-electron chi connectivity index (χ0n) is 12.7. The zero-order chi connectivity index (χ0) is 15.2. The molecule has 0 saturated heterocycles. The van der Waals surface area contributed by atoms with Gasteiger partial charge in [-0.1, -0.05) is 42.5 Å². The fourth-order valence-corrected chi connectivity index (χ4v) is 2.46. The molecule has 0 fully saturated rings. The number of aliphatic imine (C=N–C) groups is 1. The van der Waals surface area contributed by atoms with Crippen molar-refractivity contribution in [1.29, 1.82) is 0 Å². The number of rotatable bonds is 6. The van der Waals surface area contributed by atoms with Crippen LogP contribution in [0.4, 0.5) is 0 Å². The van der Waals surface area contributed by atoms with Crippen LogP contribution in [0.15, 0.2) is 59.6 Å². The molecule has 22 heavy (non-hydrogen) atoms. The molecular weight excluding hydrogens is 276 g/mol. The van der Waals surface area contributed by atoms with Gasteiger partial charge in [0.15, 0.2) is 17.7 Å². The van der Waals surface area contributed by atoms with E-state index in [0.717, 1.165) is 30.2 Å². The molecule has 0 saturated carbocycles. The van der Waals surface area contributed by atoms with Gasteiger partial charge in [-0.05, 0) is 19.1 Å². The molecule has 2 aromatic rings. The van der Waals surface area contributed by atoms with E-state index in [9.17, 15) is 0 Å². The normalized spacial score (nSPS) is 14.9. The van der Waals surface area contributed by atoms with Crippen molar-refractivity contribution in [3.63, 3.8) is 0 Å². The summed E-state index contributed by atoms with van der Waals surface area (Å²) in [6.45, 7) is 4.25. The van der Waals surface area contributed by atoms with Gasteiger partial charge in [-0.15, -0.1) is 0 Å². The first-order valence-corrected chi connectivity index (χ1v) is 7.57. The first kappa shape index (κ1) is 14.4. The second-order valence-electron chi connectivity index (χ2n) is 5.02. The highest BCUT2D eigenvalue weighted by Gasteiger charge is 2.23. The maximum atomic E-state index is 6.28. The Hall–Kier alpha value is -2.49. The monoisotopic (exact) mass is 296 g/mol. The number of nitrogens with zero attached hydrogens (tertiary/aromatic N) is 2. The van der Waals surface area contributed by atoms with Gasteiger partial charge >= 0.3 is 0 Å². The average Bonchev–Trinajstić information content (AvgIpc) is 3.09. The van der Waals surface area contributed by atoms with Crippen molar-refractivity contribution >= 4 is 6.34 Å². The lowest BCUT2D eigenvalue weighted by atomic mass is 10.2. The molecule has 1 aliphatic heterocycles. The molecule has 4 nitrogen and oxygen atoms in total. The van der Waals surface area contributed by atoms with Crippen molar-refractivity contribution in [2.24, 2.45) is 4.99 Å². The molecule has 3 rings (SSSR count). The van der Waals surface area contributed by atoms with Crippen LogP contribution in [-0.4, -0.2) is 30.9 Å². The third kappa shape index (κ3) is 3.22. The summed E-state index contributed by atoms with van der Waals surface area (Å²) in [5.41, 5.74) is 1.10. The first-order valence-electron chi connectivity index (χ1n) is 7.57. The number of hydrogen-bond acceptors (Lipinski definition) is 4. The van der Waals surface area contributed by atoms with E-state index in [1.807, 2.05) is 55.7 Å². The van der Waals surface area contributed by atoms with Crippen molar-refractivity contribution in [1.82, 2.24) is 4.90 Å². The van der Waals surface area contributed by atoms with Crippen LogP contribution in [0.3, 0.4) is 0 Å². The van der Waals surface area contributed by atoms with Crippen LogP contribution in [0.2, 0.25) is 0 Å². The highest BCUT2D eigenvalue weighted by Crippen LogP contribution is 2.32. The van der Waals surface area contributed by atoms with E-state index in [-0.39, 0.29) is 6.23 Å². The highest BCUT2D eigenvalue weighted by atomic mass is 16.5. The number of hydrogen-bond donors (Lipinski definition) is 0. The summed E-state index contributed by atoms with van der Waals surface area (Å²) in [6.07, 6.45) is 1.66. The molecule has 0 N–H and O–H groups in total. The Labute approximate surface area is 131 Å². The molecule has 0 bridgehead atoms. The molecule has 1 unspecified atom stereocenters. The van der Waals surface area contributed by atoms with E-state index >= 15 is 0 Å². The minimum Gasteiger partial charge on any atom is -0.490 e. The van der Waals surface area contributed by atoms with Crippen molar-refractivity contribution in [3.05, 3.63) is 60.2 Å². The smallest absolute Gasteiger partial charge is 0.199 e. The third-order valence-electron chi connectivity index (χ3n) is 3.49. The summed E-state index contributed by atoms with van der Waals surface area (Å²) in [6, 6.07) is 18.0. The van der Waals surface area contributed by atoms with Crippen LogP contribution in [-0.2, 0) is 0 Å². The van der Waals surface area contributed by atoms with E-state index < -0.39 is 0 Å². The molecule has 4 heteroatoms. The fraction of sp³-hybridized carbons (Fsp3) is 0.278. The highest BCUT2D eigenvalue weighted by molar-refractivity contribution is 5.58. The van der Waals surface area contributed by atoms with Crippen LogP contribution in [0, 0.1) is 0 Å². The van der Waals surface area contributed by atoms with E-state index in [1.54, 1.807) is 0 Å². The van der Waals surface area contributed by atoms with Gasteiger partial charge in [0.1, 0.15) is 0 Å². The molecule has 1 heterocycles. The predicted molar refractivity (Wildman–Crippen MR) is 87.5 cm³/mol. The van der Waals surface area contributed by atoms with E-state index in [2.05, 4.69) is 22.0 Å². The van der Waals surface area contributed by atoms with Crippen LogP contribution in [0.5, 0.6) is 11.5 Å². The van der Waals surface area contributed by atoms with E-state index in [1.165, 1.54) is 0 Å². The van der Waals surface area contributed by atoms with Crippen LogP contribution in [0.1, 0.15) is 18.7 Å². The molecule has 1 atom stereocenters. The Balaban J connectivity index is 1.89. The topological polar surface area (TPSA) is 34.1 Å². The molecule has 2 aromatic carbocycles. The molecule has 114 valence electrons. The van der Waals surface area contributed by atoms with Gasteiger partial charge in [0.25, 0.3) is 0 Å². The number of para-hydroxylation sites is 2. The summed E-state index contributed by atoms with van der Waals surface area (Å²) in [5.74, 6) is 1.51. The van der Waals surface area contributed by atoms with Gasteiger partial charge in [0, 0.05) is 12.1 Å². The molecule has 0 spiro atoms. The summed E-state index contributed by atoms with van der Waals surface area (Å²) < 4.78 is 11.9. The first-order chi connectivity index (χ1) is 10.9. The number of ether oxygens (including phenoxy) is 2. The fourth-order valence-electron chi connectivity index (χ4n) is 2.46. The lowest BCUT2D eigenvalue weighted by Gasteiger charge is -2.28. The predicted octanol–water partition coefficient (Wildman–Crippen LogP) is 3.51. The molecular formula is C18H20N2O2. The minimum absolute atomic E-state index is 0.200. The Morgan fingerprint density at radius 2 is 1.77 bits per heavy atom. The maximum absolute atomic E-state index is 6.28. The van der Waals surface area contributed by atoms with Gasteiger partial charge in [0.2, 0.25) is 0 Å². The van der Waals surface area contributed by atoms with Crippen molar-refractivity contribution < 1.29 is 9.47 Å². The minimum atomic E-state index is -0.200. The maximum Gasteiger partial charge on any atom is 0.199 e. The lowest BCUT2D eigenvalue weighted by molar-refractivity contribution is 0.0841. The van der Waals surface area contributed by atoms with Crippen LogP contribution >= 0.6 is 0 Å². The SMILES string of the molecule is CCOc1ccccc1OC(c1ccccc1)N1C=NCC1. The van der Waals surface area contributed by atoms with Gasteiger partial charge < -0.3 is 14.4 Å².